The molecule has 2 aromatic rings. The number of thiazole rings is 1. The summed E-state index contributed by atoms with van der Waals surface area (Å²) in [6, 6.07) is 4.52. The van der Waals surface area contributed by atoms with Crippen molar-refractivity contribution in [1.82, 2.24) is 10.3 Å². The molecule has 1 aromatic heterocycles. The van der Waals surface area contributed by atoms with Gasteiger partial charge in [0.25, 0.3) is 5.91 Å². The predicted octanol–water partition coefficient (Wildman–Crippen LogP) is 0.933. The van der Waals surface area contributed by atoms with E-state index in [0.717, 1.165) is 38.4 Å². The van der Waals surface area contributed by atoms with Gasteiger partial charge in [0.05, 0.1) is 5.69 Å². The molecule has 5 nitrogen and oxygen atoms in total. The first-order valence-corrected chi connectivity index (χ1v) is 11.5. The van der Waals surface area contributed by atoms with Gasteiger partial charge in [-0.05, 0) is 64.3 Å². The Labute approximate surface area is 179 Å². The zero-order valence-electron chi connectivity index (χ0n) is 18.7. The fraction of sp³-hybridized carbons (Fsp3) is 0.565. The van der Waals surface area contributed by atoms with Gasteiger partial charge in [0.15, 0.2) is 6.54 Å². The SMILES string of the molecule is Cc1cc(C)c(-c2csc(C[NH+]3CC[NH+](CC(=O)NC(C)(C)C)CC3)n2)cc1C. The lowest BCUT2D eigenvalue weighted by Crippen LogP contribution is -3.28. The average Bonchev–Trinajstić information content (AvgIpc) is 3.06. The van der Waals surface area contributed by atoms with Gasteiger partial charge in [-0.15, -0.1) is 11.3 Å². The number of benzene rings is 1. The summed E-state index contributed by atoms with van der Waals surface area (Å²) < 4.78 is 0. The molecule has 0 spiro atoms. The second-order valence-corrected chi connectivity index (χ2v) is 10.5. The van der Waals surface area contributed by atoms with Crippen LogP contribution >= 0.6 is 11.3 Å². The van der Waals surface area contributed by atoms with Crippen LogP contribution in [0.2, 0.25) is 0 Å². The van der Waals surface area contributed by atoms with Crippen LogP contribution in [0.25, 0.3) is 11.3 Å². The largest absolute Gasteiger partial charge is 0.347 e. The molecule has 158 valence electrons. The first kappa shape index (κ1) is 21.9. The maximum absolute atomic E-state index is 12.2. The number of quaternary nitrogens is 2. The van der Waals surface area contributed by atoms with Gasteiger partial charge < -0.3 is 15.1 Å². The van der Waals surface area contributed by atoms with E-state index in [4.69, 9.17) is 4.98 Å². The second-order valence-electron chi connectivity index (χ2n) is 9.53. The molecule has 0 bridgehead atoms. The second kappa shape index (κ2) is 8.94. The number of nitrogens with one attached hydrogen (secondary N) is 3. The zero-order chi connectivity index (χ0) is 21.2. The minimum absolute atomic E-state index is 0.152. The fourth-order valence-corrected chi connectivity index (χ4v) is 4.83. The molecule has 0 unspecified atom stereocenters. The van der Waals surface area contributed by atoms with Crippen LogP contribution in [0, 0.1) is 20.8 Å². The van der Waals surface area contributed by atoms with Crippen molar-refractivity contribution in [1.29, 1.82) is 0 Å². The number of amides is 1. The molecule has 1 amide bonds. The van der Waals surface area contributed by atoms with Crippen LogP contribution in [0.4, 0.5) is 0 Å². The smallest absolute Gasteiger partial charge is 0.275 e. The van der Waals surface area contributed by atoms with Crippen molar-refractivity contribution < 1.29 is 14.6 Å². The van der Waals surface area contributed by atoms with Gasteiger partial charge in [0.1, 0.15) is 37.7 Å². The maximum atomic E-state index is 12.2. The molecule has 3 rings (SSSR count). The molecule has 1 aliphatic rings. The van der Waals surface area contributed by atoms with E-state index in [-0.39, 0.29) is 11.4 Å². The topological polar surface area (TPSA) is 50.9 Å². The summed E-state index contributed by atoms with van der Waals surface area (Å²) in [4.78, 5) is 20.1. The molecule has 1 saturated heterocycles. The molecular formula is C23H36N4OS+2. The molecule has 0 atom stereocenters. The van der Waals surface area contributed by atoms with E-state index in [1.54, 1.807) is 16.2 Å². The van der Waals surface area contributed by atoms with Crippen LogP contribution in [-0.4, -0.2) is 49.2 Å². The minimum Gasteiger partial charge on any atom is -0.347 e. The first-order chi connectivity index (χ1) is 13.6. The average molecular weight is 417 g/mol. The van der Waals surface area contributed by atoms with Crippen molar-refractivity contribution >= 4 is 17.2 Å². The highest BCUT2D eigenvalue weighted by molar-refractivity contribution is 7.09. The van der Waals surface area contributed by atoms with Crippen molar-refractivity contribution in [3.05, 3.63) is 39.2 Å². The highest BCUT2D eigenvalue weighted by atomic mass is 32.1. The van der Waals surface area contributed by atoms with E-state index < -0.39 is 0 Å². The van der Waals surface area contributed by atoms with Gasteiger partial charge in [-0.2, -0.15) is 0 Å². The van der Waals surface area contributed by atoms with Crippen LogP contribution in [0.3, 0.4) is 0 Å². The number of hydrogen-bond acceptors (Lipinski definition) is 3. The lowest BCUT2D eigenvalue weighted by atomic mass is 9.99. The number of carbonyl (C=O) groups excluding carboxylic acids is 1. The summed E-state index contributed by atoms with van der Waals surface area (Å²) in [6.07, 6.45) is 0. The number of hydrogen-bond donors (Lipinski definition) is 3. The molecule has 1 fully saturated rings. The Morgan fingerprint density at radius 1 is 1.03 bits per heavy atom. The van der Waals surface area contributed by atoms with E-state index in [1.165, 1.54) is 32.2 Å². The molecule has 0 aliphatic carbocycles. The molecular weight excluding hydrogens is 380 g/mol. The fourth-order valence-electron chi connectivity index (χ4n) is 3.97. The van der Waals surface area contributed by atoms with E-state index >= 15 is 0 Å². The van der Waals surface area contributed by atoms with Gasteiger partial charge in [-0.1, -0.05) is 6.07 Å². The lowest BCUT2D eigenvalue weighted by Gasteiger charge is -2.29. The van der Waals surface area contributed by atoms with Gasteiger partial charge in [0.2, 0.25) is 0 Å². The van der Waals surface area contributed by atoms with Crippen molar-refractivity contribution in [2.24, 2.45) is 0 Å². The van der Waals surface area contributed by atoms with E-state index in [2.05, 4.69) is 43.6 Å². The number of carbonyl (C=O) groups is 1. The molecule has 2 heterocycles. The molecule has 0 saturated carbocycles. The van der Waals surface area contributed by atoms with E-state index in [0.29, 0.717) is 6.54 Å². The Balaban J connectivity index is 1.53. The Bertz CT molecular complexity index is 860. The number of nitrogens with zero attached hydrogens (tertiary/aromatic N) is 1. The summed E-state index contributed by atoms with van der Waals surface area (Å²) in [6.45, 7) is 18.4. The van der Waals surface area contributed by atoms with Gasteiger partial charge in [0, 0.05) is 16.5 Å². The minimum atomic E-state index is -0.152. The van der Waals surface area contributed by atoms with Crippen LogP contribution in [0.1, 0.15) is 42.5 Å². The van der Waals surface area contributed by atoms with E-state index in [9.17, 15) is 4.79 Å². The van der Waals surface area contributed by atoms with Gasteiger partial charge >= 0.3 is 0 Å². The Hall–Kier alpha value is -1.76. The number of aromatic nitrogens is 1. The molecule has 6 heteroatoms. The van der Waals surface area contributed by atoms with Gasteiger partial charge in [-0.25, -0.2) is 4.98 Å². The zero-order valence-corrected chi connectivity index (χ0v) is 19.6. The number of rotatable bonds is 5. The molecule has 3 N–H and O–H groups in total. The standard InChI is InChI=1S/C23H34N4OS/c1-16-11-18(3)19(12-17(16)2)20-15-29-22(24-20)14-27-9-7-26(8-10-27)13-21(28)25-23(4,5)6/h11-12,15H,7-10,13-14H2,1-6H3,(H,25,28)/p+2. The Morgan fingerprint density at radius 3 is 2.31 bits per heavy atom. The van der Waals surface area contributed by atoms with Crippen LogP contribution in [-0.2, 0) is 11.3 Å². The molecule has 1 aliphatic heterocycles. The van der Waals surface area contributed by atoms with Crippen molar-refractivity contribution in [3.63, 3.8) is 0 Å². The summed E-state index contributed by atoms with van der Waals surface area (Å²) >= 11 is 1.77. The van der Waals surface area contributed by atoms with Gasteiger partial charge in [-0.3, -0.25) is 4.79 Å². The van der Waals surface area contributed by atoms with Crippen LogP contribution in [0.15, 0.2) is 17.5 Å². The lowest BCUT2D eigenvalue weighted by molar-refractivity contribution is -1.02. The third kappa shape index (κ3) is 6.11. The summed E-state index contributed by atoms with van der Waals surface area (Å²) in [5.74, 6) is 0.157. The third-order valence-electron chi connectivity index (χ3n) is 5.66. The van der Waals surface area contributed by atoms with E-state index in [1.807, 2.05) is 20.8 Å². The van der Waals surface area contributed by atoms with Crippen molar-refractivity contribution in [3.8, 4) is 11.3 Å². The number of aryl methyl sites for hydroxylation is 3. The third-order valence-corrected chi connectivity index (χ3v) is 6.51. The van der Waals surface area contributed by atoms with Crippen molar-refractivity contribution in [2.45, 2.75) is 53.6 Å². The molecule has 1 aromatic carbocycles. The Morgan fingerprint density at radius 2 is 1.66 bits per heavy atom. The summed E-state index contributed by atoms with van der Waals surface area (Å²) in [5, 5.41) is 6.48. The Kier molecular flexibility index (Phi) is 6.76. The molecule has 29 heavy (non-hydrogen) atoms. The van der Waals surface area contributed by atoms with Crippen LogP contribution < -0.4 is 15.1 Å². The molecule has 0 radical (unpaired) electrons. The van der Waals surface area contributed by atoms with Crippen molar-refractivity contribution in [2.75, 3.05) is 32.7 Å². The predicted molar refractivity (Wildman–Crippen MR) is 120 cm³/mol. The maximum Gasteiger partial charge on any atom is 0.275 e. The highest BCUT2D eigenvalue weighted by Crippen LogP contribution is 2.27. The highest BCUT2D eigenvalue weighted by Gasteiger charge is 2.26. The summed E-state index contributed by atoms with van der Waals surface area (Å²) in [5.41, 5.74) is 6.16. The summed E-state index contributed by atoms with van der Waals surface area (Å²) in [7, 11) is 0. The quantitative estimate of drug-likeness (QED) is 0.679. The normalized spacial score (nSPS) is 19.9. The first-order valence-electron chi connectivity index (χ1n) is 10.6. The monoisotopic (exact) mass is 416 g/mol. The van der Waals surface area contributed by atoms with Crippen LogP contribution in [0.5, 0.6) is 0 Å². The number of piperazine rings is 1.